The molecule has 0 spiro atoms. The predicted molar refractivity (Wildman–Crippen MR) is 61.5 cm³/mol. The molecule has 1 unspecified atom stereocenters. The molecule has 0 aromatic carbocycles. The van der Waals surface area contributed by atoms with E-state index in [9.17, 15) is 0 Å². The van der Waals surface area contributed by atoms with E-state index in [0.717, 1.165) is 13.0 Å². The lowest BCUT2D eigenvalue weighted by Crippen LogP contribution is -2.16. The van der Waals surface area contributed by atoms with Gasteiger partial charge < -0.3 is 9.47 Å². The van der Waals surface area contributed by atoms with Crippen LogP contribution < -0.4 is 4.74 Å². The van der Waals surface area contributed by atoms with Gasteiger partial charge in [0.15, 0.2) is 0 Å². The summed E-state index contributed by atoms with van der Waals surface area (Å²) >= 11 is 2.29. The van der Waals surface area contributed by atoms with E-state index in [2.05, 4.69) is 27.6 Å². The molecule has 1 aliphatic heterocycles. The summed E-state index contributed by atoms with van der Waals surface area (Å²) in [4.78, 5) is 4.22. The molecule has 3 nitrogen and oxygen atoms in total. The Hall–Kier alpha value is -0.360. The summed E-state index contributed by atoms with van der Waals surface area (Å²) in [6.45, 7) is 3.52. The second kappa shape index (κ2) is 4.44. The first-order valence-corrected chi connectivity index (χ1v) is 5.70. The first-order chi connectivity index (χ1) is 6.75. The fraction of sp³-hybridized carbons (Fsp3) is 0.500. The number of rotatable bonds is 2. The summed E-state index contributed by atoms with van der Waals surface area (Å²) < 4.78 is 12.1. The van der Waals surface area contributed by atoms with Gasteiger partial charge >= 0.3 is 0 Å². The molecule has 76 valence electrons. The fourth-order valence-electron chi connectivity index (χ4n) is 1.32. The van der Waals surface area contributed by atoms with Gasteiger partial charge in [0.2, 0.25) is 5.88 Å². The van der Waals surface area contributed by atoms with Crippen LogP contribution in [0.4, 0.5) is 0 Å². The fourth-order valence-corrected chi connectivity index (χ4v) is 1.73. The number of ether oxygens (including phenoxy) is 2. The van der Waals surface area contributed by atoms with Crippen molar-refractivity contribution < 1.29 is 9.47 Å². The molecule has 2 rings (SSSR count). The molecule has 0 bridgehead atoms. The van der Waals surface area contributed by atoms with Gasteiger partial charge in [0.1, 0.15) is 6.10 Å². The van der Waals surface area contributed by atoms with Gasteiger partial charge in [-0.2, -0.15) is 0 Å². The van der Waals surface area contributed by atoms with Gasteiger partial charge in [-0.3, -0.25) is 0 Å². The molecule has 1 aliphatic rings. The average molecular weight is 305 g/mol. The second-order valence-electron chi connectivity index (χ2n) is 3.38. The second-order valence-corrected chi connectivity index (χ2v) is 4.54. The van der Waals surface area contributed by atoms with Gasteiger partial charge in [-0.15, -0.1) is 0 Å². The largest absolute Gasteiger partial charge is 0.472 e. The molecule has 0 amide bonds. The van der Waals surface area contributed by atoms with E-state index >= 15 is 0 Å². The number of hydrogen-bond acceptors (Lipinski definition) is 3. The van der Waals surface area contributed by atoms with E-state index in [-0.39, 0.29) is 6.10 Å². The third-order valence-corrected chi connectivity index (χ3v) is 3.35. The van der Waals surface area contributed by atoms with Crippen molar-refractivity contribution in [1.82, 2.24) is 4.98 Å². The maximum Gasteiger partial charge on any atom is 0.214 e. The first kappa shape index (κ1) is 10.2. The summed E-state index contributed by atoms with van der Waals surface area (Å²) in [7, 11) is 0. The molecule has 4 heteroatoms. The Kier molecular flexibility index (Phi) is 3.22. The van der Waals surface area contributed by atoms with E-state index in [4.69, 9.17) is 9.47 Å². The van der Waals surface area contributed by atoms with Crippen molar-refractivity contribution in [2.45, 2.75) is 19.4 Å². The van der Waals surface area contributed by atoms with Crippen molar-refractivity contribution in [3.05, 3.63) is 21.4 Å². The van der Waals surface area contributed by atoms with Crippen LogP contribution in [0.25, 0.3) is 0 Å². The molecular formula is C10H12INO2. The standard InChI is InChI=1S/C10H12INO2/c1-7-5-12-10(4-9(7)11)14-8-2-3-13-6-8/h4-5,8H,2-3,6H2,1H3. The maximum absolute atomic E-state index is 5.67. The Morgan fingerprint density at radius 3 is 3.14 bits per heavy atom. The van der Waals surface area contributed by atoms with E-state index < -0.39 is 0 Å². The van der Waals surface area contributed by atoms with E-state index in [1.807, 2.05) is 19.2 Å². The van der Waals surface area contributed by atoms with E-state index in [1.165, 1.54) is 9.13 Å². The molecule has 0 saturated carbocycles. The number of pyridine rings is 1. The monoisotopic (exact) mass is 305 g/mol. The topological polar surface area (TPSA) is 31.4 Å². The zero-order valence-corrected chi connectivity index (χ0v) is 10.2. The summed E-state index contributed by atoms with van der Waals surface area (Å²) in [5, 5.41) is 0. The zero-order valence-electron chi connectivity index (χ0n) is 8.00. The smallest absolute Gasteiger partial charge is 0.214 e. The Morgan fingerprint density at radius 1 is 1.64 bits per heavy atom. The van der Waals surface area contributed by atoms with Crippen LogP contribution in [0, 0.1) is 10.5 Å². The number of aromatic nitrogens is 1. The molecule has 0 aliphatic carbocycles. The summed E-state index contributed by atoms with van der Waals surface area (Å²) in [5.41, 5.74) is 1.18. The summed E-state index contributed by atoms with van der Waals surface area (Å²) in [6.07, 6.45) is 2.99. The number of hydrogen-bond donors (Lipinski definition) is 0. The minimum atomic E-state index is 0.181. The van der Waals surface area contributed by atoms with Crippen LogP contribution in [-0.4, -0.2) is 24.3 Å². The van der Waals surface area contributed by atoms with Crippen LogP contribution in [0.2, 0.25) is 0 Å². The van der Waals surface area contributed by atoms with E-state index in [0.29, 0.717) is 12.5 Å². The lowest BCUT2D eigenvalue weighted by molar-refractivity contribution is 0.138. The molecule has 1 aromatic heterocycles. The molecule has 1 saturated heterocycles. The van der Waals surface area contributed by atoms with Crippen LogP contribution in [0.15, 0.2) is 12.3 Å². The van der Waals surface area contributed by atoms with Gasteiger partial charge in [-0.05, 0) is 35.1 Å². The molecule has 1 aromatic rings. The minimum Gasteiger partial charge on any atom is -0.472 e. The molecule has 1 fully saturated rings. The van der Waals surface area contributed by atoms with Crippen molar-refractivity contribution >= 4 is 22.6 Å². The van der Waals surface area contributed by atoms with Crippen molar-refractivity contribution in [3.8, 4) is 5.88 Å². The average Bonchev–Trinajstić information content (AvgIpc) is 2.64. The maximum atomic E-state index is 5.67. The lowest BCUT2D eigenvalue weighted by Gasteiger charge is -2.11. The SMILES string of the molecule is Cc1cnc(OC2CCOC2)cc1I. The molecule has 0 radical (unpaired) electrons. The minimum absolute atomic E-state index is 0.181. The van der Waals surface area contributed by atoms with Crippen LogP contribution >= 0.6 is 22.6 Å². The third kappa shape index (κ3) is 2.36. The molecule has 0 N–H and O–H groups in total. The van der Waals surface area contributed by atoms with Crippen molar-refractivity contribution in [2.24, 2.45) is 0 Å². The summed E-state index contributed by atoms with van der Waals surface area (Å²) in [5.74, 6) is 0.704. The highest BCUT2D eigenvalue weighted by atomic mass is 127. The first-order valence-electron chi connectivity index (χ1n) is 4.62. The predicted octanol–water partition coefficient (Wildman–Crippen LogP) is 2.16. The normalized spacial score (nSPS) is 21.1. The Balaban J connectivity index is 2.05. The zero-order chi connectivity index (χ0) is 9.97. The van der Waals surface area contributed by atoms with Gasteiger partial charge in [0.05, 0.1) is 13.2 Å². The van der Waals surface area contributed by atoms with Crippen molar-refractivity contribution in [2.75, 3.05) is 13.2 Å². The van der Waals surface area contributed by atoms with Crippen molar-refractivity contribution in [3.63, 3.8) is 0 Å². The highest BCUT2D eigenvalue weighted by Crippen LogP contribution is 2.18. The molecule has 2 heterocycles. The van der Waals surface area contributed by atoms with Gasteiger partial charge in [-0.25, -0.2) is 4.98 Å². The Morgan fingerprint density at radius 2 is 2.50 bits per heavy atom. The number of aryl methyl sites for hydroxylation is 1. The quantitative estimate of drug-likeness (QED) is 0.785. The highest BCUT2D eigenvalue weighted by Gasteiger charge is 2.17. The molecule has 14 heavy (non-hydrogen) atoms. The third-order valence-electron chi connectivity index (χ3n) is 2.19. The number of nitrogens with zero attached hydrogens (tertiary/aromatic N) is 1. The lowest BCUT2D eigenvalue weighted by atomic mass is 10.3. The Bertz CT molecular complexity index is 324. The number of halogens is 1. The molecule has 1 atom stereocenters. The van der Waals surface area contributed by atoms with Crippen LogP contribution in [-0.2, 0) is 4.74 Å². The van der Waals surface area contributed by atoms with Crippen LogP contribution in [0.5, 0.6) is 5.88 Å². The van der Waals surface area contributed by atoms with Gasteiger partial charge in [-0.1, -0.05) is 0 Å². The van der Waals surface area contributed by atoms with Crippen molar-refractivity contribution in [1.29, 1.82) is 0 Å². The van der Waals surface area contributed by atoms with E-state index in [1.54, 1.807) is 0 Å². The van der Waals surface area contributed by atoms with Crippen LogP contribution in [0.1, 0.15) is 12.0 Å². The summed E-state index contributed by atoms with van der Waals surface area (Å²) in [6, 6.07) is 1.97. The Labute approximate surface area is 97.0 Å². The highest BCUT2D eigenvalue weighted by molar-refractivity contribution is 14.1. The van der Waals surface area contributed by atoms with Crippen LogP contribution in [0.3, 0.4) is 0 Å². The van der Waals surface area contributed by atoms with Gasteiger partial charge in [0, 0.05) is 22.3 Å². The van der Waals surface area contributed by atoms with Gasteiger partial charge in [0.25, 0.3) is 0 Å². The molecular weight excluding hydrogens is 293 g/mol.